The van der Waals surface area contributed by atoms with E-state index in [0.29, 0.717) is 23.1 Å². The molecular formula is C13H10ClN3O. The Balaban J connectivity index is 1.79. The third kappa shape index (κ3) is 2.28. The monoisotopic (exact) mass is 259 g/mol. The number of ether oxygens (including phenoxy) is 1. The molecule has 0 aliphatic rings. The number of aromatic nitrogens is 3. The van der Waals surface area contributed by atoms with Crippen molar-refractivity contribution in [3.8, 4) is 5.75 Å². The molecule has 3 rings (SSSR count). The van der Waals surface area contributed by atoms with E-state index in [1.54, 1.807) is 22.8 Å². The number of pyridine rings is 1. The lowest BCUT2D eigenvalue weighted by molar-refractivity contribution is 0.296. The van der Waals surface area contributed by atoms with E-state index >= 15 is 0 Å². The Morgan fingerprint density at radius 1 is 1.17 bits per heavy atom. The predicted molar refractivity (Wildman–Crippen MR) is 68.8 cm³/mol. The van der Waals surface area contributed by atoms with E-state index in [-0.39, 0.29) is 0 Å². The summed E-state index contributed by atoms with van der Waals surface area (Å²) >= 11 is 5.89. The number of rotatable bonds is 3. The van der Waals surface area contributed by atoms with Crippen molar-refractivity contribution in [3.05, 3.63) is 59.5 Å². The third-order valence-electron chi connectivity index (χ3n) is 2.45. The van der Waals surface area contributed by atoms with Crippen molar-refractivity contribution >= 4 is 17.2 Å². The van der Waals surface area contributed by atoms with Crippen LogP contribution in [0, 0.1) is 0 Å². The molecule has 18 heavy (non-hydrogen) atoms. The van der Waals surface area contributed by atoms with Gasteiger partial charge in [0.05, 0.1) is 0 Å². The molecule has 0 N–H and O–H groups in total. The van der Waals surface area contributed by atoms with E-state index in [4.69, 9.17) is 16.3 Å². The molecule has 0 atom stereocenters. The summed E-state index contributed by atoms with van der Waals surface area (Å²) in [6.07, 6.45) is 1.77. The average molecular weight is 260 g/mol. The zero-order chi connectivity index (χ0) is 12.4. The maximum atomic E-state index is 5.89. The lowest BCUT2D eigenvalue weighted by Crippen LogP contribution is -1.97. The summed E-state index contributed by atoms with van der Waals surface area (Å²) in [4.78, 5) is 4.33. The lowest BCUT2D eigenvalue weighted by atomic mass is 10.3. The van der Waals surface area contributed by atoms with E-state index in [1.165, 1.54) is 0 Å². The Hall–Kier alpha value is -2.07. The molecule has 0 aliphatic carbocycles. The minimum absolute atomic E-state index is 0.337. The van der Waals surface area contributed by atoms with E-state index in [9.17, 15) is 0 Å². The highest BCUT2D eigenvalue weighted by Crippen LogP contribution is 2.13. The van der Waals surface area contributed by atoms with Gasteiger partial charge in [0.1, 0.15) is 12.4 Å². The van der Waals surface area contributed by atoms with Crippen molar-refractivity contribution in [2.24, 2.45) is 0 Å². The van der Waals surface area contributed by atoms with Crippen molar-refractivity contribution in [1.82, 2.24) is 14.6 Å². The van der Waals surface area contributed by atoms with Gasteiger partial charge in [-0.25, -0.2) is 9.50 Å². The molecule has 0 bridgehead atoms. The third-order valence-corrected chi connectivity index (χ3v) is 2.69. The van der Waals surface area contributed by atoms with E-state index in [1.807, 2.05) is 30.3 Å². The first kappa shape index (κ1) is 11.0. The molecule has 0 saturated heterocycles. The highest BCUT2D eigenvalue weighted by molar-refractivity contribution is 6.30. The van der Waals surface area contributed by atoms with Crippen LogP contribution in [0.1, 0.15) is 5.82 Å². The van der Waals surface area contributed by atoms with Crippen LogP contribution < -0.4 is 4.74 Å². The van der Waals surface area contributed by atoms with Gasteiger partial charge in [-0.2, -0.15) is 0 Å². The first-order valence-corrected chi connectivity index (χ1v) is 5.88. The largest absolute Gasteiger partial charge is 0.486 e. The number of nitrogens with zero attached hydrogens (tertiary/aromatic N) is 3. The second-order valence-corrected chi connectivity index (χ2v) is 4.21. The van der Waals surface area contributed by atoms with E-state index in [2.05, 4.69) is 10.1 Å². The molecular weight excluding hydrogens is 250 g/mol. The van der Waals surface area contributed by atoms with Gasteiger partial charge < -0.3 is 4.74 Å². The number of fused-ring (bicyclic) bond motifs is 1. The average Bonchev–Trinajstić information content (AvgIpc) is 2.79. The molecule has 0 amide bonds. The van der Waals surface area contributed by atoms with E-state index in [0.717, 1.165) is 5.75 Å². The fourth-order valence-electron chi connectivity index (χ4n) is 1.63. The molecule has 0 spiro atoms. The maximum Gasteiger partial charge on any atom is 0.189 e. The quantitative estimate of drug-likeness (QED) is 0.726. The summed E-state index contributed by atoms with van der Waals surface area (Å²) in [6, 6.07) is 13.1. The zero-order valence-corrected chi connectivity index (χ0v) is 10.2. The molecule has 0 radical (unpaired) electrons. The number of benzene rings is 1. The highest BCUT2D eigenvalue weighted by Gasteiger charge is 2.04. The van der Waals surface area contributed by atoms with Crippen LogP contribution in [-0.2, 0) is 6.61 Å². The second kappa shape index (κ2) is 4.66. The summed E-state index contributed by atoms with van der Waals surface area (Å²) in [6.45, 7) is 0.337. The Bertz CT molecular complexity index is 666. The topological polar surface area (TPSA) is 39.4 Å². The number of halogens is 1. The van der Waals surface area contributed by atoms with Gasteiger partial charge in [0, 0.05) is 17.3 Å². The van der Waals surface area contributed by atoms with Gasteiger partial charge in [0.25, 0.3) is 0 Å². The van der Waals surface area contributed by atoms with Crippen molar-refractivity contribution in [1.29, 1.82) is 0 Å². The number of hydrogen-bond acceptors (Lipinski definition) is 3. The Labute approximate surface area is 109 Å². The molecule has 3 aromatic rings. The molecule has 4 nitrogen and oxygen atoms in total. The second-order valence-electron chi connectivity index (χ2n) is 3.78. The normalized spacial score (nSPS) is 10.7. The molecule has 90 valence electrons. The van der Waals surface area contributed by atoms with Crippen LogP contribution in [0.25, 0.3) is 5.65 Å². The Morgan fingerprint density at radius 3 is 2.83 bits per heavy atom. The summed E-state index contributed by atoms with van der Waals surface area (Å²) in [5, 5.41) is 4.93. The lowest BCUT2D eigenvalue weighted by Gasteiger charge is -2.01. The first-order valence-electron chi connectivity index (χ1n) is 5.50. The minimum atomic E-state index is 0.337. The standard InChI is InChI=1S/C13H10ClN3O/c14-10-6-7-17-13(8-10)15-12(16-17)9-18-11-4-2-1-3-5-11/h1-8H,9H2. The van der Waals surface area contributed by atoms with Crippen LogP contribution in [0.2, 0.25) is 5.02 Å². The Morgan fingerprint density at radius 2 is 2.00 bits per heavy atom. The number of hydrogen-bond donors (Lipinski definition) is 0. The summed E-state index contributed by atoms with van der Waals surface area (Å²) in [5.41, 5.74) is 0.717. The van der Waals surface area contributed by atoms with Crippen LogP contribution in [0.15, 0.2) is 48.7 Å². The first-order chi connectivity index (χ1) is 8.81. The van der Waals surface area contributed by atoms with Crippen molar-refractivity contribution in [3.63, 3.8) is 0 Å². The van der Waals surface area contributed by atoms with Crippen LogP contribution in [0.3, 0.4) is 0 Å². The molecule has 0 fully saturated rings. The molecule has 2 heterocycles. The van der Waals surface area contributed by atoms with Gasteiger partial charge in [0.2, 0.25) is 0 Å². The summed E-state index contributed by atoms with van der Waals surface area (Å²) in [7, 11) is 0. The van der Waals surface area contributed by atoms with E-state index < -0.39 is 0 Å². The molecule has 1 aromatic carbocycles. The SMILES string of the molecule is Clc1ccn2nc(COc3ccccc3)nc2c1. The van der Waals surface area contributed by atoms with Gasteiger partial charge in [-0.15, -0.1) is 5.10 Å². The van der Waals surface area contributed by atoms with Gasteiger partial charge >= 0.3 is 0 Å². The molecule has 5 heteroatoms. The molecule has 2 aromatic heterocycles. The van der Waals surface area contributed by atoms with Gasteiger partial charge in [-0.05, 0) is 18.2 Å². The maximum absolute atomic E-state index is 5.89. The van der Waals surface area contributed by atoms with Crippen molar-refractivity contribution in [2.45, 2.75) is 6.61 Å². The van der Waals surface area contributed by atoms with Crippen LogP contribution in [0.4, 0.5) is 0 Å². The van der Waals surface area contributed by atoms with Gasteiger partial charge in [-0.3, -0.25) is 0 Å². The van der Waals surface area contributed by atoms with Gasteiger partial charge in [-0.1, -0.05) is 29.8 Å². The van der Waals surface area contributed by atoms with Crippen molar-refractivity contribution < 1.29 is 4.74 Å². The summed E-state index contributed by atoms with van der Waals surface area (Å²) < 4.78 is 7.26. The smallest absolute Gasteiger partial charge is 0.189 e. The highest BCUT2D eigenvalue weighted by atomic mass is 35.5. The fraction of sp³-hybridized carbons (Fsp3) is 0.0769. The zero-order valence-electron chi connectivity index (χ0n) is 9.45. The van der Waals surface area contributed by atoms with Crippen LogP contribution >= 0.6 is 11.6 Å². The molecule has 0 saturated carbocycles. The fourth-order valence-corrected chi connectivity index (χ4v) is 1.78. The van der Waals surface area contributed by atoms with Crippen molar-refractivity contribution in [2.75, 3.05) is 0 Å². The van der Waals surface area contributed by atoms with Crippen LogP contribution in [-0.4, -0.2) is 14.6 Å². The molecule has 0 aliphatic heterocycles. The van der Waals surface area contributed by atoms with Crippen LogP contribution in [0.5, 0.6) is 5.75 Å². The predicted octanol–water partition coefficient (Wildman–Crippen LogP) is 2.96. The number of para-hydroxylation sites is 1. The van der Waals surface area contributed by atoms with Gasteiger partial charge in [0.15, 0.2) is 11.5 Å². The Kier molecular flexibility index (Phi) is 2.86. The minimum Gasteiger partial charge on any atom is -0.486 e. The summed E-state index contributed by atoms with van der Waals surface area (Å²) in [5.74, 6) is 1.43. The molecule has 0 unspecified atom stereocenters.